The third-order valence-corrected chi connectivity index (χ3v) is 3.14. The molecule has 0 radical (unpaired) electrons. The Morgan fingerprint density at radius 1 is 1.50 bits per heavy atom. The Bertz CT molecular complexity index is 342. The highest BCUT2D eigenvalue weighted by Crippen LogP contribution is 2.55. The van der Waals surface area contributed by atoms with Crippen molar-refractivity contribution in [2.75, 3.05) is 4.72 Å². The molecule has 0 amide bonds. The molecule has 3 nitrogen and oxygen atoms in total. The van der Waals surface area contributed by atoms with E-state index >= 15 is 0 Å². The van der Waals surface area contributed by atoms with Crippen molar-refractivity contribution >= 4 is 17.8 Å². The Labute approximate surface area is 74.9 Å². The third-order valence-electron chi connectivity index (χ3n) is 2.24. The second-order valence-electron chi connectivity index (χ2n) is 3.07. The van der Waals surface area contributed by atoms with Gasteiger partial charge in [0, 0.05) is 5.56 Å². The molecule has 0 aromatic heterocycles. The summed E-state index contributed by atoms with van der Waals surface area (Å²) in [6.07, 6.45) is 0. The summed E-state index contributed by atoms with van der Waals surface area (Å²) in [5.41, 5.74) is 2.18. The van der Waals surface area contributed by atoms with Gasteiger partial charge in [0.2, 0.25) is 5.72 Å². The molecule has 1 fully saturated rings. The number of anilines is 1. The summed E-state index contributed by atoms with van der Waals surface area (Å²) in [6, 6.07) is 8.20. The smallest absolute Gasteiger partial charge is 0.203 e. The second-order valence-corrected chi connectivity index (χ2v) is 3.79. The van der Waals surface area contributed by atoms with Gasteiger partial charge in [0.25, 0.3) is 0 Å². The Morgan fingerprint density at radius 2 is 2.33 bits per heavy atom. The van der Waals surface area contributed by atoms with Crippen molar-refractivity contribution in [3.63, 3.8) is 0 Å². The molecule has 2 aliphatic heterocycles. The molecule has 62 valence electrons. The lowest BCUT2D eigenvalue weighted by atomic mass is 10.1. The summed E-state index contributed by atoms with van der Waals surface area (Å²) in [5, 5.41) is 0. The SMILES string of the molecule is CC12ON1SNc1ccccc12. The molecule has 2 atom stereocenters. The van der Waals surface area contributed by atoms with Crippen LogP contribution in [0.15, 0.2) is 24.3 Å². The van der Waals surface area contributed by atoms with Gasteiger partial charge in [-0.2, -0.15) is 0 Å². The lowest BCUT2D eigenvalue weighted by Crippen LogP contribution is -2.15. The maximum absolute atomic E-state index is 5.43. The predicted molar refractivity (Wildman–Crippen MR) is 47.9 cm³/mol. The maximum Gasteiger partial charge on any atom is 0.203 e. The number of nitrogens with one attached hydrogen (secondary N) is 1. The van der Waals surface area contributed by atoms with Crippen molar-refractivity contribution < 1.29 is 4.84 Å². The van der Waals surface area contributed by atoms with Crippen LogP contribution in [-0.2, 0) is 10.6 Å². The molecular formula is C8H8N2OS. The van der Waals surface area contributed by atoms with Gasteiger partial charge >= 0.3 is 0 Å². The summed E-state index contributed by atoms with van der Waals surface area (Å²) in [5.74, 6) is 0. The standard InChI is InChI=1S/C8H8N2OS/c1-8-6-4-2-3-5-7(6)9-12-10(8)11-8/h2-5,9H,1H3. The number of benzene rings is 1. The number of nitrogens with zero attached hydrogens (tertiary/aromatic N) is 1. The molecule has 2 aliphatic rings. The van der Waals surface area contributed by atoms with E-state index in [2.05, 4.69) is 23.8 Å². The quantitative estimate of drug-likeness (QED) is 0.488. The van der Waals surface area contributed by atoms with Crippen LogP contribution < -0.4 is 4.72 Å². The zero-order valence-electron chi connectivity index (χ0n) is 6.57. The van der Waals surface area contributed by atoms with E-state index in [1.165, 1.54) is 17.7 Å². The molecular weight excluding hydrogens is 172 g/mol. The molecule has 4 heteroatoms. The van der Waals surface area contributed by atoms with Crippen molar-refractivity contribution in [2.24, 2.45) is 0 Å². The van der Waals surface area contributed by atoms with E-state index in [9.17, 15) is 0 Å². The number of rotatable bonds is 0. The molecule has 0 saturated carbocycles. The summed E-state index contributed by atoms with van der Waals surface area (Å²) < 4.78 is 5.05. The zero-order chi connectivity index (χ0) is 8.18. The van der Waals surface area contributed by atoms with Gasteiger partial charge in [-0.3, -0.25) is 4.84 Å². The Hall–Kier alpha value is -0.710. The average molecular weight is 180 g/mol. The number of para-hydroxylation sites is 1. The zero-order valence-corrected chi connectivity index (χ0v) is 7.39. The first-order valence-corrected chi connectivity index (χ1v) is 4.60. The van der Waals surface area contributed by atoms with Crippen LogP contribution in [0.4, 0.5) is 5.69 Å². The topological polar surface area (TPSA) is 27.6 Å². The lowest BCUT2D eigenvalue weighted by Gasteiger charge is -2.17. The fraction of sp³-hybridized carbons (Fsp3) is 0.250. The van der Waals surface area contributed by atoms with E-state index in [0.29, 0.717) is 0 Å². The molecule has 0 spiro atoms. The molecule has 2 unspecified atom stereocenters. The van der Waals surface area contributed by atoms with E-state index in [4.69, 9.17) is 4.84 Å². The van der Waals surface area contributed by atoms with Gasteiger partial charge in [-0.25, -0.2) is 0 Å². The van der Waals surface area contributed by atoms with Crippen LogP contribution in [0.5, 0.6) is 0 Å². The molecule has 1 saturated heterocycles. The van der Waals surface area contributed by atoms with Crippen LogP contribution in [0.3, 0.4) is 0 Å². The largest absolute Gasteiger partial charge is 0.314 e. The summed E-state index contributed by atoms with van der Waals surface area (Å²) >= 11 is 1.49. The van der Waals surface area contributed by atoms with E-state index in [1.807, 2.05) is 16.6 Å². The van der Waals surface area contributed by atoms with Crippen molar-refractivity contribution in [2.45, 2.75) is 12.6 Å². The van der Waals surface area contributed by atoms with E-state index in [-0.39, 0.29) is 5.72 Å². The third kappa shape index (κ3) is 0.696. The van der Waals surface area contributed by atoms with Gasteiger partial charge in [-0.15, -0.1) is 0 Å². The number of hydroxylamine groups is 1. The monoisotopic (exact) mass is 180 g/mol. The molecule has 3 rings (SSSR count). The minimum Gasteiger partial charge on any atom is -0.314 e. The molecule has 1 N–H and O–H groups in total. The average Bonchev–Trinajstić information content (AvgIpc) is 2.78. The highest BCUT2D eigenvalue weighted by atomic mass is 32.2. The van der Waals surface area contributed by atoms with Crippen molar-refractivity contribution in [3.05, 3.63) is 29.8 Å². The Kier molecular flexibility index (Phi) is 1.11. The Balaban J connectivity index is 2.19. The number of fused-ring (bicyclic) bond motifs is 3. The first-order valence-electron chi connectivity index (χ1n) is 3.82. The number of hydrogen-bond acceptors (Lipinski definition) is 4. The van der Waals surface area contributed by atoms with Gasteiger partial charge in [-0.1, -0.05) is 22.7 Å². The molecule has 1 aromatic carbocycles. The lowest BCUT2D eigenvalue weighted by molar-refractivity contribution is 0.273. The first-order chi connectivity index (χ1) is 5.81. The van der Waals surface area contributed by atoms with Crippen LogP contribution in [0.1, 0.15) is 12.5 Å². The molecule has 1 aromatic rings. The van der Waals surface area contributed by atoms with Gasteiger partial charge in [0.15, 0.2) is 0 Å². The van der Waals surface area contributed by atoms with E-state index in [1.54, 1.807) is 0 Å². The van der Waals surface area contributed by atoms with E-state index < -0.39 is 0 Å². The highest BCUT2D eigenvalue weighted by molar-refractivity contribution is 7.98. The summed E-state index contributed by atoms with van der Waals surface area (Å²) in [4.78, 5) is 5.43. The van der Waals surface area contributed by atoms with Crippen LogP contribution in [0.2, 0.25) is 0 Å². The first kappa shape index (κ1) is 6.77. The molecule has 0 bridgehead atoms. The van der Waals surface area contributed by atoms with Gasteiger partial charge < -0.3 is 4.72 Å². The number of hydrogen-bond donors (Lipinski definition) is 1. The van der Waals surface area contributed by atoms with Gasteiger partial charge in [0.1, 0.15) is 0 Å². The second kappa shape index (κ2) is 1.96. The maximum atomic E-state index is 5.43. The Morgan fingerprint density at radius 3 is 3.25 bits per heavy atom. The molecule has 2 heterocycles. The predicted octanol–water partition coefficient (Wildman–Crippen LogP) is 2.10. The van der Waals surface area contributed by atoms with Crippen molar-refractivity contribution in [3.8, 4) is 0 Å². The van der Waals surface area contributed by atoms with Crippen LogP contribution in [-0.4, -0.2) is 4.47 Å². The summed E-state index contributed by atoms with van der Waals surface area (Å²) in [7, 11) is 0. The fourth-order valence-electron chi connectivity index (χ4n) is 1.46. The normalized spacial score (nSPS) is 36.2. The minimum absolute atomic E-state index is 0.188. The molecule has 12 heavy (non-hydrogen) atoms. The van der Waals surface area contributed by atoms with Gasteiger partial charge in [0.05, 0.1) is 17.8 Å². The summed E-state index contributed by atoms with van der Waals surface area (Å²) in [6.45, 7) is 2.07. The van der Waals surface area contributed by atoms with Crippen LogP contribution >= 0.6 is 12.1 Å². The van der Waals surface area contributed by atoms with Crippen LogP contribution in [0.25, 0.3) is 0 Å². The van der Waals surface area contributed by atoms with Crippen LogP contribution in [0, 0.1) is 0 Å². The minimum atomic E-state index is -0.188. The highest BCUT2D eigenvalue weighted by Gasteiger charge is 2.57. The molecule has 0 aliphatic carbocycles. The van der Waals surface area contributed by atoms with Gasteiger partial charge in [-0.05, 0) is 13.0 Å². The van der Waals surface area contributed by atoms with Crippen molar-refractivity contribution in [1.29, 1.82) is 0 Å². The van der Waals surface area contributed by atoms with E-state index in [0.717, 1.165) is 5.69 Å². The van der Waals surface area contributed by atoms with Crippen molar-refractivity contribution in [1.82, 2.24) is 4.47 Å². The fourth-order valence-corrected chi connectivity index (χ4v) is 2.28.